The molecule has 0 unspecified atom stereocenters. The fraction of sp³-hybridized carbons (Fsp3) is 0.462. The minimum atomic E-state index is -4.68. The molecule has 0 aliphatic carbocycles. The van der Waals surface area contributed by atoms with E-state index in [1.807, 2.05) is 5.32 Å². The predicted octanol–water partition coefficient (Wildman–Crippen LogP) is 1.78. The van der Waals surface area contributed by atoms with Crippen molar-refractivity contribution in [2.75, 3.05) is 13.2 Å². The maximum atomic E-state index is 12.8. The van der Waals surface area contributed by atoms with Gasteiger partial charge in [-0.25, -0.2) is 0 Å². The fourth-order valence-electron chi connectivity index (χ4n) is 2.06. The summed E-state index contributed by atoms with van der Waals surface area (Å²) in [5, 5.41) is 2.00. The molecule has 0 bridgehead atoms. The molecule has 2 heterocycles. The number of rotatable bonds is 2. The maximum absolute atomic E-state index is 12.8. The molecule has 1 aromatic rings. The van der Waals surface area contributed by atoms with Crippen LogP contribution in [-0.4, -0.2) is 30.0 Å². The Balaban J connectivity index is 2.12. The number of pyridine rings is 1. The molecule has 2 rings (SSSR count). The van der Waals surface area contributed by atoms with Gasteiger partial charge in [0.1, 0.15) is 0 Å². The van der Waals surface area contributed by atoms with Gasteiger partial charge in [0, 0.05) is 31.5 Å². The van der Waals surface area contributed by atoms with E-state index >= 15 is 0 Å². The van der Waals surface area contributed by atoms with E-state index in [1.165, 1.54) is 0 Å². The summed E-state index contributed by atoms with van der Waals surface area (Å²) in [4.78, 5) is 27.2. The molecular weight excluding hydrogens is 289 g/mol. The molecule has 1 saturated heterocycles. The summed E-state index contributed by atoms with van der Waals surface area (Å²) < 4.78 is 43.5. The van der Waals surface area contributed by atoms with Gasteiger partial charge in [0.15, 0.2) is 0 Å². The highest BCUT2D eigenvalue weighted by Gasteiger charge is 2.36. The molecule has 1 aromatic heterocycles. The molecule has 0 aromatic carbocycles. The molecule has 1 aliphatic heterocycles. The van der Waals surface area contributed by atoms with E-state index in [2.05, 4.69) is 4.98 Å². The van der Waals surface area contributed by atoms with Crippen LogP contribution in [0.25, 0.3) is 0 Å². The number of amides is 2. The third kappa shape index (κ3) is 3.78. The SMILES string of the molecule is O=C(NC(=O)C1CCOCC1)c1cnccc1C(F)(F)F. The van der Waals surface area contributed by atoms with E-state index < -0.39 is 35.0 Å². The molecule has 2 amide bonds. The number of nitrogens with one attached hydrogen (secondary N) is 1. The molecule has 1 aliphatic rings. The average Bonchev–Trinajstić information content (AvgIpc) is 2.47. The van der Waals surface area contributed by atoms with Crippen LogP contribution in [0.15, 0.2) is 18.5 Å². The highest BCUT2D eigenvalue weighted by Crippen LogP contribution is 2.31. The van der Waals surface area contributed by atoms with E-state index in [9.17, 15) is 22.8 Å². The Morgan fingerprint density at radius 3 is 2.57 bits per heavy atom. The predicted molar refractivity (Wildman–Crippen MR) is 65.3 cm³/mol. The number of nitrogens with zero attached hydrogens (tertiary/aromatic N) is 1. The van der Waals surface area contributed by atoms with Crippen LogP contribution in [0.1, 0.15) is 28.8 Å². The third-order valence-electron chi connectivity index (χ3n) is 3.20. The molecule has 8 heteroatoms. The van der Waals surface area contributed by atoms with Crippen LogP contribution in [0, 0.1) is 5.92 Å². The van der Waals surface area contributed by atoms with Gasteiger partial charge >= 0.3 is 6.18 Å². The molecule has 1 N–H and O–H groups in total. The molecule has 0 radical (unpaired) electrons. The second-order valence-corrected chi connectivity index (χ2v) is 4.62. The van der Waals surface area contributed by atoms with Gasteiger partial charge in [-0.05, 0) is 18.9 Å². The van der Waals surface area contributed by atoms with Gasteiger partial charge < -0.3 is 4.74 Å². The lowest BCUT2D eigenvalue weighted by molar-refractivity contribution is -0.138. The Bertz CT molecular complexity index is 540. The summed E-state index contributed by atoms with van der Waals surface area (Å²) in [7, 11) is 0. The summed E-state index contributed by atoms with van der Waals surface area (Å²) in [6, 6.07) is 0.702. The van der Waals surface area contributed by atoms with Gasteiger partial charge in [0.25, 0.3) is 5.91 Å². The van der Waals surface area contributed by atoms with Crippen molar-refractivity contribution in [1.82, 2.24) is 10.3 Å². The van der Waals surface area contributed by atoms with E-state index in [0.717, 1.165) is 12.4 Å². The van der Waals surface area contributed by atoms with Crippen molar-refractivity contribution in [2.45, 2.75) is 19.0 Å². The Hall–Kier alpha value is -1.96. The Labute approximate surface area is 118 Å². The van der Waals surface area contributed by atoms with Crippen LogP contribution >= 0.6 is 0 Å². The van der Waals surface area contributed by atoms with Crippen LogP contribution < -0.4 is 5.32 Å². The summed E-state index contributed by atoms with van der Waals surface area (Å²) in [5.74, 6) is -2.10. The smallest absolute Gasteiger partial charge is 0.381 e. The minimum absolute atomic E-state index is 0.396. The highest BCUT2D eigenvalue weighted by molar-refractivity contribution is 6.06. The van der Waals surface area contributed by atoms with Crippen LogP contribution in [0.3, 0.4) is 0 Å². The number of alkyl halides is 3. The summed E-state index contributed by atoms with van der Waals surface area (Å²) >= 11 is 0. The topological polar surface area (TPSA) is 68.3 Å². The van der Waals surface area contributed by atoms with Crippen LogP contribution in [0.4, 0.5) is 13.2 Å². The number of hydrogen-bond donors (Lipinski definition) is 1. The zero-order valence-electron chi connectivity index (χ0n) is 10.9. The first kappa shape index (κ1) is 15.4. The summed E-state index contributed by atoms with van der Waals surface area (Å²) in [6.45, 7) is 0.792. The standard InChI is InChI=1S/C13H13F3N2O3/c14-13(15,16)10-1-4-17-7-9(10)12(20)18-11(19)8-2-5-21-6-3-8/h1,4,7-8H,2-3,5-6H2,(H,18,19,20). The molecule has 5 nitrogen and oxygen atoms in total. The second-order valence-electron chi connectivity index (χ2n) is 4.62. The molecule has 0 atom stereocenters. The van der Waals surface area contributed by atoms with Gasteiger partial charge in [-0.15, -0.1) is 0 Å². The molecular formula is C13H13F3N2O3. The lowest BCUT2D eigenvalue weighted by Gasteiger charge is -2.21. The number of carbonyl (C=O) groups excluding carboxylic acids is 2. The zero-order chi connectivity index (χ0) is 15.5. The van der Waals surface area contributed by atoms with Gasteiger partial charge in [-0.2, -0.15) is 13.2 Å². The minimum Gasteiger partial charge on any atom is -0.381 e. The lowest BCUT2D eigenvalue weighted by atomic mass is 9.99. The highest BCUT2D eigenvalue weighted by atomic mass is 19.4. The van der Waals surface area contributed by atoms with Gasteiger partial charge in [0.2, 0.25) is 5.91 Å². The molecule has 0 spiro atoms. The van der Waals surface area contributed by atoms with Gasteiger partial charge in [0.05, 0.1) is 11.1 Å². The molecule has 1 fully saturated rings. The second kappa shape index (κ2) is 6.21. The Morgan fingerprint density at radius 1 is 1.29 bits per heavy atom. The normalized spacial score (nSPS) is 16.5. The van der Waals surface area contributed by atoms with Crippen molar-refractivity contribution in [2.24, 2.45) is 5.92 Å². The van der Waals surface area contributed by atoms with Crippen molar-refractivity contribution >= 4 is 11.8 Å². The first-order valence-corrected chi connectivity index (χ1v) is 6.33. The average molecular weight is 302 g/mol. The number of carbonyl (C=O) groups is 2. The Morgan fingerprint density at radius 2 is 1.95 bits per heavy atom. The summed E-state index contributed by atoms with van der Waals surface area (Å²) in [5.41, 5.74) is -1.78. The number of ether oxygens (including phenoxy) is 1. The van der Waals surface area contributed by atoms with Gasteiger partial charge in [-0.3, -0.25) is 19.9 Å². The monoisotopic (exact) mass is 302 g/mol. The van der Waals surface area contributed by atoms with Crippen LogP contribution in [0.2, 0.25) is 0 Å². The first-order chi connectivity index (χ1) is 9.89. The largest absolute Gasteiger partial charge is 0.417 e. The molecule has 114 valence electrons. The van der Waals surface area contributed by atoms with Crippen molar-refractivity contribution in [1.29, 1.82) is 0 Å². The van der Waals surface area contributed by atoms with E-state index in [0.29, 0.717) is 32.1 Å². The first-order valence-electron chi connectivity index (χ1n) is 6.33. The maximum Gasteiger partial charge on any atom is 0.417 e. The van der Waals surface area contributed by atoms with E-state index in [4.69, 9.17) is 4.74 Å². The number of aromatic nitrogens is 1. The van der Waals surface area contributed by atoms with Crippen molar-refractivity contribution in [3.8, 4) is 0 Å². The van der Waals surface area contributed by atoms with E-state index in [1.54, 1.807) is 0 Å². The molecule has 21 heavy (non-hydrogen) atoms. The fourth-order valence-corrected chi connectivity index (χ4v) is 2.06. The molecule has 0 saturated carbocycles. The number of hydrogen-bond acceptors (Lipinski definition) is 4. The van der Waals surface area contributed by atoms with Crippen LogP contribution in [0.5, 0.6) is 0 Å². The quantitative estimate of drug-likeness (QED) is 0.846. The zero-order valence-corrected chi connectivity index (χ0v) is 10.9. The number of halogens is 3. The van der Waals surface area contributed by atoms with Crippen molar-refractivity contribution in [3.05, 3.63) is 29.6 Å². The third-order valence-corrected chi connectivity index (χ3v) is 3.20. The van der Waals surface area contributed by atoms with Crippen molar-refractivity contribution in [3.63, 3.8) is 0 Å². The lowest BCUT2D eigenvalue weighted by Crippen LogP contribution is -2.38. The van der Waals surface area contributed by atoms with E-state index in [-0.39, 0.29) is 0 Å². The van der Waals surface area contributed by atoms with Gasteiger partial charge in [-0.1, -0.05) is 0 Å². The van der Waals surface area contributed by atoms with Crippen molar-refractivity contribution < 1.29 is 27.5 Å². The number of imide groups is 1. The summed E-state index contributed by atoms with van der Waals surface area (Å²) in [6.07, 6.45) is -2.05. The van der Waals surface area contributed by atoms with Crippen LogP contribution in [-0.2, 0) is 15.7 Å². The Kier molecular flexibility index (Phi) is 4.56.